The van der Waals surface area contributed by atoms with E-state index in [4.69, 9.17) is 16.3 Å². The summed E-state index contributed by atoms with van der Waals surface area (Å²) in [5, 5.41) is 1.58. The monoisotopic (exact) mass is 383 g/mol. The molecule has 1 saturated heterocycles. The molecule has 8 heteroatoms. The van der Waals surface area contributed by atoms with E-state index in [1.165, 1.54) is 14.9 Å². The van der Waals surface area contributed by atoms with Crippen LogP contribution in [0.4, 0.5) is 5.82 Å². The number of hydrogen-bond acceptors (Lipinski definition) is 6. The van der Waals surface area contributed by atoms with Crippen LogP contribution in [0.15, 0.2) is 10.3 Å². The van der Waals surface area contributed by atoms with Crippen molar-refractivity contribution in [3.63, 3.8) is 0 Å². The van der Waals surface area contributed by atoms with E-state index in [1.807, 2.05) is 23.1 Å². The van der Waals surface area contributed by atoms with Crippen LogP contribution in [0.25, 0.3) is 0 Å². The minimum atomic E-state index is 0.0451. The fraction of sp³-hybridized carbons (Fsp3) is 0.562. The van der Waals surface area contributed by atoms with Crippen LogP contribution in [0.2, 0.25) is 5.28 Å². The summed E-state index contributed by atoms with van der Waals surface area (Å²) < 4.78 is 6.82. The standard InChI is InChI=1S/C16H19ClN4OS2/c1-10-14(23-11(2)18-10)24-16(3-4-16)12-9-13(20-15(17)19-12)21-5-7-22-8-6-21/h9H,3-8H2,1-2H3/p+1. The van der Waals surface area contributed by atoms with E-state index >= 15 is 0 Å². The van der Waals surface area contributed by atoms with E-state index in [0.717, 1.165) is 50.7 Å². The Morgan fingerprint density at radius 2 is 2.04 bits per heavy atom. The molecule has 5 nitrogen and oxygen atoms in total. The first-order valence-corrected chi connectivity index (χ1v) is 10.1. The van der Waals surface area contributed by atoms with Crippen molar-refractivity contribution >= 4 is 40.5 Å². The first-order chi connectivity index (χ1) is 11.6. The fourth-order valence-corrected chi connectivity index (χ4v) is 5.91. The number of morpholine rings is 1. The van der Waals surface area contributed by atoms with Gasteiger partial charge in [0.05, 0.1) is 23.7 Å². The summed E-state index contributed by atoms with van der Waals surface area (Å²) in [6.45, 7) is 7.42. The van der Waals surface area contributed by atoms with Gasteiger partial charge in [0.25, 0.3) is 0 Å². The smallest absolute Gasteiger partial charge is 0.233 e. The molecule has 2 aromatic rings. The number of thioether (sulfide) groups is 1. The van der Waals surface area contributed by atoms with Gasteiger partial charge in [0.1, 0.15) is 10.0 Å². The lowest BCUT2D eigenvalue weighted by molar-refractivity contribution is -0.391. The maximum atomic E-state index is 6.25. The molecule has 1 aliphatic carbocycles. The molecule has 0 amide bonds. The second-order valence-electron chi connectivity index (χ2n) is 6.27. The Hall–Kier alpha value is -0.890. The van der Waals surface area contributed by atoms with E-state index in [9.17, 15) is 0 Å². The van der Waals surface area contributed by atoms with E-state index in [0.29, 0.717) is 5.28 Å². The van der Waals surface area contributed by atoms with Gasteiger partial charge in [-0.2, -0.15) is 0 Å². The van der Waals surface area contributed by atoms with Crippen molar-refractivity contribution in [3.8, 4) is 0 Å². The van der Waals surface area contributed by atoms with Gasteiger partial charge in [0.2, 0.25) is 16.0 Å². The molecule has 24 heavy (non-hydrogen) atoms. The average molecular weight is 384 g/mol. The Labute approximate surface area is 154 Å². The SMILES string of the molecule is Cc1[nH+]c(C)c(SC2(c3cc(N4CCOCC4)nc(Cl)n3)CC2)s1. The number of aromatic nitrogens is 3. The van der Waals surface area contributed by atoms with Crippen LogP contribution in [0.5, 0.6) is 0 Å². The number of nitrogens with zero attached hydrogens (tertiary/aromatic N) is 3. The molecule has 0 aromatic carbocycles. The summed E-state index contributed by atoms with van der Waals surface area (Å²) in [6.07, 6.45) is 2.26. The van der Waals surface area contributed by atoms with Crippen LogP contribution in [0, 0.1) is 13.8 Å². The summed E-state index contributed by atoms with van der Waals surface area (Å²) in [5.74, 6) is 0.922. The summed E-state index contributed by atoms with van der Waals surface area (Å²) in [5.41, 5.74) is 2.29. The lowest BCUT2D eigenvalue weighted by Gasteiger charge is -2.28. The van der Waals surface area contributed by atoms with Crippen molar-refractivity contribution in [2.45, 2.75) is 35.6 Å². The highest BCUT2D eigenvalue weighted by Gasteiger charge is 2.48. The van der Waals surface area contributed by atoms with Crippen molar-refractivity contribution in [1.29, 1.82) is 0 Å². The molecule has 1 aliphatic heterocycles. The summed E-state index contributed by atoms with van der Waals surface area (Å²) in [7, 11) is 0. The predicted octanol–water partition coefficient (Wildman–Crippen LogP) is 3.24. The molecule has 2 aromatic heterocycles. The number of aryl methyl sites for hydroxylation is 2. The Balaban J connectivity index is 1.63. The van der Waals surface area contributed by atoms with Gasteiger partial charge >= 0.3 is 0 Å². The van der Waals surface area contributed by atoms with Crippen molar-refractivity contribution in [2.24, 2.45) is 0 Å². The highest BCUT2D eigenvalue weighted by Crippen LogP contribution is 2.60. The number of H-pyrrole nitrogens is 1. The highest BCUT2D eigenvalue weighted by atomic mass is 35.5. The number of halogens is 1. The molecule has 1 saturated carbocycles. The van der Waals surface area contributed by atoms with Gasteiger partial charge in [-0.15, -0.1) is 0 Å². The zero-order chi connectivity index (χ0) is 16.7. The number of ether oxygens (including phenoxy) is 1. The Kier molecular flexibility index (Phi) is 4.45. The van der Waals surface area contributed by atoms with Crippen LogP contribution >= 0.6 is 34.7 Å². The van der Waals surface area contributed by atoms with Gasteiger partial charge in [0.15, 0.2) is 0 Å². The quantitative estimate of drug-likeness (QED) is 0.758. The summed E-state index contributed by atoms with van der Waals surface area (Å²) in [6, 6.07) is 2.12. The van der Waals surface area contributed by atoms with Gasteiger partial charge in [-0.25, -0.2) is 15.0 Å². The minimum Gasteiger partial charge on any atom is -0.378 e. The third kappa shape index (κ3) is 3.27. The predicted molar refractivity (Wildman–Crippen MR) is 97.2 cm³/mol. The molecular formula is C16H20ClN4OS2+. The summed E-state index contributed by atoms with van der Waals surface area (Å²) >= 11 is 9.98. The number of nitrogens with one attached hydrogen (secondary N) is 1. The maximum absolute atomic E-state index is 6.25. The zero-order valence-corrected chi connectivity index (χ0v) is 16.2. The van der Waals surface area contributed by atoms with Crippen molar-refractivity contribution in [1.82, 2.24) is 9.97 Å². The number of rotatable bonds is 4. The summed E-state index contributed by atoms with van der Waals surface area (Å²) in [4.78, 5) is 14.6. The van der Waals surface area contributed by atoms with E-state index < -0.39 is 0 Å². The third-order valence-electron chi connectivity index (χ3n) is 4.39. The van der Waals surface area contributed by atoms with Crippen LogP contribution in [0.1, 0.15) is 29.2 Å². The van der Waals surface area contributed by atoms with Crippen molar-refractivity contribution in [3.05, 3.63) is 27.7 Å². The zero-order valence-electron chi connectivity index (χ0n) is 13.8. The first-order valence-electron chi connectivity index (χ1n) is 8.12. The molecule has 0 spiro atoms. The molecule has 4 rings (SSSR count). The van der Waals surface area contributed by atoms with Gasteiger partial charge in [-0.1, -0.05) is 23.1 Å². The van der Waals surface area contributed by atoms with Crippen molar-refractivity contribution in [2.75, 3.05) is 31.2 Å². The Morgan fingerprint density at radius 1 is 1.29 bits per heavy atom. The number of thiazole rings is 1. The number of anilines is 1. The van der Waals surface area contributed by atoms with Gasteiger partial charge in [-0.3, -0.25) is 0 Å². The average Bonchev–Trinajstić information content (AvgIpc) is 3.28. The maximum Gasteiger partial charge on any atom is 0.233 e. The van der Waals surface area contributed by atoms with Crippen LogP contribution in [0.3, 0.4) is 0 Å². The number of aromatic amines is 1. The molecule has 2 aliphatic rings. The number of hydrogen-bond donors (Lipinski definition) is 0. The van der Waals surface area contributed by atoms with Crippen LogP contribution in [-0.4, -0.2) is 36.3 Å². The van der Waals surface area contributed by atoms with Crippen LogP contribution < -0.4 is 9.88 Å². The molecule has 0 bridgehead atoms. The molecular weight excluding hydrogens is 364 g/mol. The Bertz CT molecular complexity index is 757. The van der Waals surface area contributed by atoms with Crippen molar-refractivity contribution < 1.29 is 9.72 Å². The van der Waals surface area contributed by atoms with Gasteiger partial charge in [0, 0.05) is 33.0 Å². The molecule has 3 heterocycles. The lowest BCUT2D eigenvalue weighted by atomic mass is 10.2. The molecule has 1 N–H and O–H groups in total. The van der Waals surface area contributed by atoms with Crippen LogP contribution in [-0.2, 0) is 9.48 Å². The normalized spacial score (nSPS) is 19.5. The largest absolute Gasteiger partial charge is 0.378 e. The lowest BCUT2D eigenvalue weighted by Crippen LogP contribution is -2.37. The van der Waals surface area contributed by atoms with E-state index in [-0.39, 0.29) is 4.75 Å². The fourth-order valence-electron chi connectivity index (χ4n) is 2.95. The third-order valence-corrected chi connectivity index (χ3v) is 7.46. The molecule has 2 fully saturated rings. The Morgan fingerprint density at radius 3 is 2.67 bits per heavy atom. The molecule has 0 radical (unpaired) electrons. The van der Waals surface area contributed by atoms with Gasteiger partial charge in [-0.05, 0) is 24.4 Å². The molecule has 0 atom stereocenters. The van der Waals surface area contributed by atoms with E-state index in [1.54, 1.807) is 0 Å². The topological polar surface area (TPSA) is 52.4 Å². The first kappa shape index (κ1) is 16.6. The second kappa shape index (κ2) is 6.44. The highest BCUT2D eigenvalue weighted by molar-refractivity contribution is 8.02. The van der Waals surface area contributed by atoms with E-state index in [2.05, 4.69) is 39.8 Å². The molecule has 128 valence electrons. The van der Waals surface area contributed by atoms with Gasteiger partial charge < -0.3 is 9.64 Å². The minimum absolute atomic E-state index is 0.0451. The second-order valence-corrected chi connectivity index (χ2v) is 9.49. The molecule has 0 unspecified atom stereocenters.